The lowest BCUT2D eigenvalue weighted by molar-refractivity contribution is 0.0947. The summed E-state index contributed by atoms with van der Waals surface area (Å²) in [7, 11) is 0. The number of hydrogen-bond acceptors (Lipinski definition) is 2. The summed E-state index contributed by atoms with van der Waals surface area (Å²) in [6.07, 6.45) is 5.38. The molecular formula is C18H15BrFN3O. The van der Waals surface area contributed by atoms with Gasteiger partial charge in [-0.3, -0.25) is 4.79 Å². The molecule has 0 aliphatic carbocycles. The van der Waals surface area contributed by atoms with Gasteiger partial charge in [0.2, 0.25) is 0 Å². The van der Waals surface area contributed by atoms with Crippen LogP contribution in [0.1, 0.15) is 21.5 Å². The fourth-order valence-electron chi connectivity index (χ4n) is 2.38. The van der Waals surface area contributed by atoms with E-state index in [1.807, 2.05) is 35.0 Å². The van der Waals surface area contributed by atoms with Gasteiger partial charge in [-0.05, 0) is 29.3 Å². The zero-order chi connectivity index (χ0) is 16.9. The second-order valence-electron chi connectivity index (χ2n) is 5.36. The highest BCUT2D eigenvalue weighted by molar-refractivity contribution is 9.10. The van der Waals surface area contributed by atoms with Gasteiger partial charge in [0.1, 0.15) is 5.82 Å². The van der Waals surface area contributed by atoms with Crippen LogP contribution in [0.4, 0.5) is 4.39 Å². The Morgan fingerprint density at radius 2 is 2.04 bits per heavy atom. The molecule has 0 fully saturated rings. The number of carbonyl (C=O) groups is 1. The molecule has 3 rings (SSSR count). The summed E-state index contributed by atoms with van der Waals surface area (Å²) in [6.45, 7) is 1.05. The molecule has 0 unspecified atom stereocenters. The molecule has 1 N–H and O–H groups in total. The minimum absolute atomic E-state index is 0.0268. The minimum Gasteiger partial charge on any atom is -0.348 e. The van der Waals surface area contributed by atoms with Crippen LogP contribution >= 0.6 is 15.9 Å². The minimum atomic E-state index is -0.537. The first kappa shape index (κ1) is 16.4. The molecule has 0 radical (unpaired) electrons. The van der Waals surface area contributed by atoms with E-state index >= 15 is 0 Å². The Balaban J connectivity index is 1.66. The Hall–Kier alpha value is -2.47. The number of aromatic nitrogens is 2. The molecule has 0 spiro atoms. The average molecular weight is 388 g/mol. The van der Waals surface area contributed by atoms with Gasteiger partial charge in [-0.1, -0.05) is 40.2 Å². The number of nitrogens with zero attached hydrogens (tertiary/aromatic N) is 2. The van der Waals surface area contributed by atoms with Gasteiger partial charge in [-0.15, -0.1) is 0 Å². The first-order valence-corrected chi connectivity index (χ1v) is 8.18. The van der Waals surface area contributed by atoms with E-state index in [2.05, 4.69) is 26.2 Å². The summed E-state index contributed by atoms with van der Waals surface area (Å²) in [4.78, 5) is 16.2. The van der Waals surface area contributed by atoms with Gasteiger partial charge in [0.05, 0.1) is 11.9 Å². The van der Waals surface area contributed by atoms with Gasteiger partial charge in [0.25, 0.3) is 5.91 Å². The molecule has 0 saturated carbocycles. The predicted octanol–water partition coefficient (Wildman–Crippen LogP) is 3.76. The summed E-state index contributed by atoms with van der Waals surface area (Å²) in [5.74, 6) is -0.974. The number of hydrogen-bond donors (Lipinski definition) is 1. The van der Waals surface area contributed by atoms with Crippen molar-refractivity contribution in [3.05, 3.63) is 88.2 Å². The maximum atomic E-state index is 13.7. The van der Waals surface area contributed by atoms with E-state index < -0.39 is 11.7 Å². The topological polar surface area (TPSA) is 46.9 Å². The number of rotatable bonds is 5. The van der Waals surface area contributed by atoms with E-state index in [0.717, 1.165) is 11.1 Å². The second-order valence-corrected chi connectivity index (χ2v) is 6.28. The number of carbonyl (C=O) groups excluding carboxylic acids is 1. The van der Waals surface area contributed by atoms with Crippen molar-refractivity contribution in [2.75, 3.05) is 0 Å². The molecule has 0 atom stereocenters. The molecular weight excluding hydrogens is 373 g/mol. The lowest BCUT2D eigenvalue weighted by atomic mass is 10.1. The van der Waals surface area contributed by atoms with Crippen LogP contribution in [0, 0.1) is 5.82 Å². The first-order chi connectivity index (χ1) is 11.6. The number of nitrogens with one attached hydrogen (secondary N) is 1. The molecule has 2 aromatic carbocycles. The molecule has 3 aromatic rings. The van der Waals surface area contributed by atoms with Gasteiger partial charge in [0, 0.05) is 30.0 Å². The maximum absolute atomic E-state index is 13.7. The van der Waals surface area contributed by atoms with Crippen molar-refractivity contribution in [3.8, 4) is 0 Å². The van der Waals surface area contributed by atoms with Gasteiger partial charge in [-0.25, -0.2) is 9.37 Å². The molecule has 0 aliphatic heterocycles. The molecule has 0 aliphatic rings. The van der Waals surface area contributed by atoms with Crippen LogP contribution in [0.3, 0.4) is 0 Å². The van der Waals surface area contributed by atoms with E-state index in [0.29, 0.717) is 17.6 Å². The number of amides is 1. The van der Waals surface area contributed by atoms with E-state index in [1.54, 1.807) is 18.6 Å². The zero-order valence-electron chi connectivity index (χ0n) is 12.7. The van der Waals surface area contributed by atoms with Crippen molar-refractivity contribution in [1.29, 1.82) is 0 Å². The van der Waals surface area contributed by atoms with Gasteiger partial charge in [-0.2, -0.15) is 0 Å². The summed E-state index contributed by atoms with van der Waals surface area (Å²) in [5.41, 5.74) is 2.09. The van der Waals surface area contributed by atoms with Crippen LogP contribution in [0.15, 0.2) is 65.7 Å². The van der Waals surface area contributed by atoms with Crippen LogP contribution in [0.2, 0.25) is 0 Å². The summed E-state index contributed by atoms with van der Waals surface area (Å²) in [5, 5.41) is 2.75. The van der Waals surface area contributed by atoms with Crippen LogP contribution < -0.4 is 5.32 Å². The van der Waals surface area contributed by atoms with Crippen LogP contribution in [0.5, 0.6) is 0 Å². The first-order valence-electron chi connectivity index (χ1n) is 7.38. The third-order valence-corrected chi connectivity index (χ3v) is 4.04. The Morgan fingerprint density at radius 3 is 2.83 bits per heavy atom. The van der Waals surface area contributed by atoms with Gasteiger partial charge >= 0.3 is 0 Å². The smallest absolute Gasteiger partial charge is 0.254 e. The van der Waals surface area contributed by atoms with Crippen molar-refractivity contribution < 1.29 is 9.18 Å². The van der Waals surface area contributed by atoms with Crippen LogP contribution in [-0.4, -0.2) is 15.5 Å². The number of imidazole rings is 1. The van der Waals surface area contributed by atoms with Crippen molar-refractivity contribution >= 4 is 21.8 Å². The normalized spacial score (nSPS) is 10.6. The number of halogens is 2. The number of benzene rings is 2. The fourth-order valence-corrected chi connectivity index (χ4v) is 2.74. The maximum Gasteiger partial charge on any atom is 0.254 e. The standard InChI is InChI=1S/C18H15BrFN3O/c19-15-4-5-17(20)16(9-15)18(24)22-10-13-2-1-3-14(8-13)11-23-7-6-21-12-23/h1-9,12H,10-11H2,(H,22,24). The highest BCUT2D eigenvalue weighted by atomic mass is 79.9. The molecule has 122 valence electrons. The van der Waals surface area contributed by atoms with Crippen molar-refractivity contribution in [2.45, 2.75) is 13.1 Å². The predicted molar refractivity (Wildman–Crippen MR) is 93.0 cm³/mol. The largest absolute Gasteiger partial charge is 0.348 e. The molecule has 0 bridgehead atoms. The molecule has 4 nitrogen and oxygen atoms in total. The third-order valence-electron chi connectivity index (χ3n) is 3.54. The SMILES string of the molecule is O=C(NCc1cccc(Cn2ccnc2)c1)c1cc(Br)ccc1F. The highest BCUT2D eigenvalue weighted by Crippen LogP contribution is 2.15. The summed E-state index contributed by atoms with van der Waals surface area (Å²) in [6, 6.07) is 12.2. The van der Waals surface area contributed by atoms with E-state index in [-0.39, 0.29) is 5.56 Å². The highest BCUT2D eigenvalue weighted by Gasteiger charge is 2.11. The molecule has 24 heavy (non-hydrogen) atoms. The Labute approximate surface area is 147 Å². The van der Waals surface area contributed by atoms with E-state index in [4.69, 9.17) is 0 Å². The van der Waals surface area contributed by atoms with Crippen molar-refractivity contribution in [3.63, 3.8) is 0 Å². The van der Waals surface area contributed by atoms with Gasteiger partial charge in [0.15, 0.2) is 0 Å². The molecule has 1 aromatic heterocycles. The second kappa shape index (κ2) is 7.40. The van der Waals surface area contributed by atoms with Crippen molar-refractivity contribution in [2.24, 2.45) is 0 Å². The zero-order valence-corrected chi connectivity index (χ0v) is 14.3. The Kier molecular flexibility index (Phi) is 5.05. The van der Waals surface area contributed by atoms with Crippen LogP contribution in [-0.2, 0) is 13.1 Å². The van der Waals surface area contributed by atoms with E-state index in [1.165, 1.54) is 12.1 Å². The van der Waals surface area contributed by atoms with Crippen molar-refractivity contribution in [1.82, 2.24) is 14.9 Å². The molecule has 1 amide bonds. The Bertz CT molecular complexity index is 849. The average Bonchev–Trinajstić information content (AvgIpc) is 3.08. The third kappa shape index (κ3) is 4.08. The van der Waals surface area contributed by atoms with E-state index in [9.17, 15) is 9.18 Å². The monoisotopic (exact) mass is 387 g/mol. The lowest BCUT2D eigenvalue weighted by Crippen LogP contribution is -2.24. The summed E-state index contributed by atoms with van der Waals surface area (Å²) < 4.78 is 16.4. The fraction of sp³-hybridized carbons (Fsp3) is 0.111. The quantitative estimate of drug-likeness (QED) is 0.724. The van der Waals surface area contributed by atoms with Crippen LogP contribution in [0.25, 0.3) is 0 Å². The summed E-state index contributed by atoms with van der Waals surface area (Å²) >= 11 is 3.24. The van der Waals surface area contributed by atoms with Gasteiger partial charge < -0.3 is 9.88 Å². The molecule has 1 heterocycles. The molecule has 6 heteroatoms. The lowest BCUT2D eigenvalue weighted by Gasteiger charge is -2.09. The molecule has 0 saturated heterocycles. The Morgan fingerprint density at radius 1 is 1.21 bits per heavy atom.